The van der Waals surface area contributed by atoms with Crippen LogP contribution in [0.2, 0.25) is 0 Å². The molecule has 3 rings (SSSR count). The van der Waals surface area contributed by atoms with Crippen LogP contribution in [0.4, 0.5) is 13.2 Å². The number of aromatic nitrogens is 3. The first kappa shape index (κ1) is 18.4. The van der Waals surface area contributed by atoms with Crippen LogP contribution in [0.3, 0.4) is 0 Å². The van der Waals surface area contributed by atoms with Gasteiger partial charge in [0.05, 0.1) is 24.9 Å². The number of nitrogens with zero attached hydrogens (tertiary/aromatic N) is 3. The van der Waals surface area contributed by atoms with Gasteiger partial charge in [-0.15, -0.1) is 5.10 Å². The van der Waals surface area contributed by atoms with E-state index in [2.05, 4.69) is 10.1 Å². The SMILES string of the molecule is COc1cc(C2CCCCC2)c(=O)n(Cc2ncccc2C(F)(F)F)n1. The summed E-state index contributed by atoms with van der Waals surface area (Å²) in [5.41, 5.74) is -0.925. The second kappa shape index (κ2) is 7.47. The molecule has 1 saturated carbocycles. The molecule has 0 radical (unpaired) electrons. The minimum Gasteiger partial charge on any atom is -0.480 e. The van der Waals surface area contributed by atoms with E-state index >= 15 is 0 Å². The van der Waals surface area contributed by atoms with Gasteiger partial charge in [0.1, 0.15) is 0 Å². The van der Waals surface area contributed by atoms with Gasteiger partial charge in [-0.2, -0.15) is 13.2 Å². The third-order valence-electron chi connectivity index (χ3n) is 4.73. The molecule has 0 spiro atoms. The van der Waals surface area contributed by atoms with Crippen LogP contribution in [0.25, 0.3) is 0 Å². The zero-order valence-electron chi connectivity index (χ0n) is 14.4. The van der Waals surface area contributed by atoms with Crippen LogP contribution in [0.1, 0.15) is 54.8 Å². The van der Waals surface area contributed by atoms with E-state index in [0.717, 1.165) is 42.9 Å². The largest absolute Gasteiger partial charge is 0.480 e. The van der Waals surface area contributed by atoms with Crippen molar-refractivity contribution in [3.63, 3.8) is 0 Å². The highest BCUT2D eigenvalue weighted by molar-refractivity contribution is 5.25. The Balaban J connectivity index is 2.02. The topological polar surface area (TPSA) is 57.0 Å². The Morgan fingerprint density at radius 1 is 1.27 bits per heavy atom. The van der Waals surface area contributed by atoms with Gasteiger partial charge in [-0.1, -0.05) is 19.3 Å². The Morgan fingerprint density at radius 3 is 2.65 bits per heavy atom. The van der Waals surface area contributed by atoms with Gasteiger partial charge in [0.25, 0.3) is 5.56 Å². The molecule has 1 aliphatic carbocycles. The number of hydrogen-bond donors (Lipinski definition) is 0. The molecule has 2 aromatic heterocycles. The van der Waals surface area contributed by atoms with Crippen molar-refractivity contribution in [1.29, 1.82) is 0 Å². The lowest BCUT2D eigenvalue weighted by Crippen LogP contribution is -2.30. The second-order valence-electron chi connectivity index (χ2n) is 6.44. The van der Waals surface area contributed by atoms with E-state index in [1.165, 1.54) is 19.4 Å². The Kier molecular flexibility index (Phi) is 5.29. The Hall–Kier alpha value is -2.38. The fourth-order valence-electron chi connectivity index (χ4n) is 3.41. The van der Waals surface area contributed by atoms with Crippen molar-refractivity contribution in [3.8, 4) is 5.88 Å². The smallest absolute Gasteiger partial charge is 0.418 e. The van der Waals surface area contributed by atoms with E-state index in [9.17, 15) is 18.0 Å². The number of halogens is 3. The zero-order valence-corrected chi connectivity index (χ0v) is 14.4. The van der Waals surface area contributed by atoms with Gasteiger partial charge in [0.2, 0.25) is 5.88 Å². The van der Waals surface area contributed by atoms with E-state index in [1.54, 1.807) is 6.07 Å². The first-order valence-corrected chi connectivity index (χ1v) is 8.57. The summed E-state index contributed by atoms with van der Waals surface area (Å²) < 4.78 is 45.8. The van der Waals surface area contributed by atoms with E-state index in [-0.39, 0.29) is 29.6 Å². The molecule has 0 saturated heterocycles. The molecule has 1 fully saturated rings. The third kappa shape index (κ3) is 3.89. The fraction of sp³-hybridized carbons (Fsp3) is 0.500. The predicted octanol–water partition coefficient (Wildman–Crippen LogP) is 3.76. The quantitative estimate of drug-likeness (QED) is 0.826. The monoisotopic (exact) mass is 367 g/mol. The van der Waals surface area contributed by atoms with Crippen LogP contribution in [-0.2, 0) is 12.7 Å². The van der Waals surface area contributed by atoms with Crippen LogP contribution in [0.5, 0.6) is 5.88 Å². The highest BCUT2D eigenvalue weighted by Gasteiger charge is 2.34. The number of methoxy groups -OCH3 is 1. The summed E-state index contributed by atoms with van der Waals surface area (Å²) in [5, 5.41) is 4.04. The van der Waals surface area contributed by atoms with Crippen LogP contribution in [0.15, 0.2) is 29.2 Å². The molecule has 2 aromatic rings. The maximum absolute atomic E-state index is 13.2. The second-order valence-corrected chi connectivity index (χ2v) is 6.44. The standard InChI is InChI=1S/C18H20F3N3O2/c1-26-16-10-13(12-6-3-2-4-7-12)17(25)24(23-16)11-15-14(18(19,20)21)8-5-9-22-15/h5,8-10,12H,2-4,6-7,11H2,1H3. The first-order valence-electron chi connectivity index (χ1n) is 8.57. The highest BCUT2D eigenvalue weighted by atomic mass is 19.4. The van der Waals surface area contributed by atoms with E-state index in [0.29, 0.717) is 5.56 Å². The summed E-state index contributed by atoms with van der Waals surface area (Å²) in [6.45, 7) is -0.356. The molecule has 0 aromatic carbocycles. The van der Waals surface area contributed by atoms with Crippen LogP contribution >= 0.6 is 0 Å². The molecule has 8 heteroatoms. The molecule has 0 unspecified atom stereocenters. The molecule has 0 aliphatic heterocycles. The summed E-state index contributed by atoms with van der Waals surface area (Å²) >= 11 is 0. The maximum atomic E-state index is 13.2. The minimum atomic E-state index is -4.54. The van der Waals surface area contributed by atoms with Crippen molar-refractivity contribution < 1.29 is 17.9 Å². The molecule has 0 bridgehead atoms. The van der Waals surface area contributed by atoms with Gasteiger partial charge in [-0.05, 0) is 30.9 Å². The number of rotatable bonds is 4. The van der Waals surface area contributed by atoms with E-state index in [1.807, 2.05) is 0 Å². The average Bonchev–Trinajstić information content (AvgIpc) is 2.63. The van der Waals surface area contributed by atoms with Crippen LogP contribution in [-0.4, -0.2) is 21.9 Å². The summed E-state index contributed by atoms with van der Waals surface area (Å²) in [6, 6.07) is 3.79. The molecule has 0 atom stereocenters. The van der Waals surface area contributed by atoms with Crippen LogP contribution < -0.4 is 10.3 Å². The van der Waals surface area contributed by atoms with Crippen molar-refractivity contribution in [3.05, 3.63) is 51.6 Å². The molecule has 1 aliphatic rings. The summed E-state index contributed by atoms with van der Waals surface area (Å²) in [4.78, 5) is 16.7. The average molecular weight is 367 g/mol. The lowest BCUT2D eigenvalue weighted by Gasteiger charge is -2.22. The van der Waals surface area contributed by atoms with Gasteiger partial charge >= 0.3 is 6.18 Å². The van der Waals surface area contributed by atoms with Gasteiger partial charge in [0.15, 0.2) is 0 Å². The highest BCUT2D eigenvalue weighted by Crippen LogP contribution is 2.33. The number of ether oxygens (including phenoxy) is 1. The van der Waals surface area contributed by atoms with Crippen molar-refractivity contribution in [2.75, 3.05) is 7.11 Å². The molecule has 2 heterocycles. The van der Waals surface area contributed by atoms with Crippen molar-refractivity contribution >= 4 is 0 Å². The molecule has 0 N–H and O–H groups in total. The first-order chi connectivity index (χ1) is 12.4. The number of pyridine rings is 1. The normalized spacial score (nSPS) is 15.8. The van der Waals surface area contributed by atoms with Gasteiger partial charge in [-0.3, -0.25) is 9.78 Å². The Labute approximate surface area is 148 Å². The van der Waals surface area contributed by atoms with Gasteiger partial charge in [0, 0.05) is 17.8 Å². The number of hydrogen-bond acceptors (Lipinski definition) is 4. The lowest BCUT2D eigenvalue weighted by atomic mass is 9.85. The predicted molar refractivity (Wildman–Crippen MR) is 89.2 cm³/mol. The summed E-state index contributed by atoms with van der Waals surface area (Å²) in [6.07, 6.45) is 1.71. The molecular weight excluding hydrogens is 347 g/mol. The van der Waals surface area contributed by atoms with Gasteiger partial charge in [-0.25, -0.2) is 4.68 Å². The maximum Gasteiger partial charge on any atom is 0.418 e. The fourth-order valence-corrected chi connectivity index (χ4v) is 3.41. The van der Waals surface area contributed by atoms with Crippen molar-refractivity contribution in [2.24, 2.45) is 0 Å². The summed E-state index contributed by atoms with van der Waals surface area (Å²) in [7, 11) is 1.42. The third-order valence-corrected chi connectivity index (χ3v) is 4.73. The Morgan fingerprint density at radius 2 is 2.00 bits per heavy atom. The Bertz CT molecular complexity index is 827. The molecule has 140 valence electrons. The zero-order chi connectivity index (χ0) is 18.7. The van der Waals surface area contributed by atoms with E-state index in [4.69, 9.17) is 4.74 Å². The molecule has 26 heavy (non-hydrogen) atoms. The molecular formula is C18H20F3N3O2. The van der Waals surface area contributed by atoms with Crippen molar-refractivity contribution in [2.45, 2.75) is 50.7 Å². The lowest BCUT2D eigenvalue weighted by molar-refractivity contribution is -0.138. The summed E-state index contributed by atoms with van der Waals surface area (Å²) in [5.74, 6) is 0.305. The van der Waals surface area contributed by atoms with Gasteiger partial charge < -0.3 is 4.74 Å². The van der Waals surface area contributed by atoms with Crippen molar-refractivity contribution in [1.82, 2.24) is 14.8 Å². The number of alkyl halides is 3. The van der Waals surface area contributed by atoms with E-state index < -0.39 is 11.7 Å². The minimum absolute atomic E-state index is 0.0882. The molecule has 5 nitrogen and oxygen atoms in total. The van der Waals surface area contributed by atoms with Crippen LogP contribution in [0, 0.1) is 0 Å². The molecule has 0 amide bonds.